The maximum atomic E-state index is 12.9. The third-order valence-electron chi connectivity index (χ3n) is 5.85. The van der Waals surface area contributed by atoms with Crippen LogP contribution in [0.1, 0.15) is 103 Å². The van der Waals surface area contributed by atoms with Crippen molar-refractivity contribution >= 4 is 48.6 Å². The second kappa shape index (κ2) is 27.3. The number of halogens is 2. The zero-order valence-corrected chi connectivity index (χ0v) is 24.4. The van der Waals surface area contributed by atoms with Crippen molar-refractivity contribution in [3.63, 3.8) is 0 Å². The molecular weight excluding hydrogens is 519 g/mol. The van der Waals surface area contributed by atoms with Crippen molar-refractivity contribution in [1.82, 2.24) is 10.6 Å². The highest BCUT2D eigenvalue weighted by atomic mass is 35.5. The Balaban J connectivity index is -0.00000578. The molecule has 220 valence electrons. The normalized spacial score (nSPS) is 11.8. The number of ether oxygens (including phenoxy) is 1. The molecule has 0 unspecified atom stereocenters. The van der Waals surface area contributed by atoms with E-state index in [1.165, 1.54) is 45.6 Å². The summed E-state index contributed by atoms with van der Waals surface area (Å²) >= 11 is 0. The number of carbonyl (C=O) groups excluding carboxylic acids is 3. The van der Waals surface area contributed by atoms with Gasteiger partial charge in [0.05, 0.1) is 7.11 Å². The highest BCUT2D eigenvalue weighted by Gasteiger charge is 2.26. The minimum Gasteiger partial charge on any atom is -0.467 e. The van der Waals surface area contributed by atoms with Gasteiger partial charge in [0.15, 0.2) is 5.96 Å². The summed E-state index contributed by atoms with van der Waals surface area (Å²) in [6.07, 6.45) is 13.5. The molecule has 0 radical (unpaired) electrons. The van der Waals surface area contributed by atoms with E-state index in [0.29, 0.717) is 45.2 Å². The SMILES string of the molecule is CCCCCCCCCCCC(=O)N[C@@H](CCCN=C(N)N)C(=O)N[C@@H](CCCCN)C(=O)OC.Cl.Cl. The van der Waals surface area contributed by atoms with E-state index in [2.05, 4.69) is 22.5 Å². The third-order valence-corrected chi connectivity index (χ3v) is 5.85. The minimum atomic E-state index is -0.784. The summed E-state index contributed by atoms with van der Waals surface area (Å²) in [4.78, 5) is 41.5. The van der Waals surface area contributed by atoms with Gasteiger partial charge in [-0.25, -0.2) is 4.79 Å². The van der Waals surface area contributed by atoms with Crippen LogP contribution in [-0.2, 0) is 19.1 Å². The molecule has 0 saturated carbocycles. The van der Waals surface area contributed by atoms with E-state index in [-0.39, 0.29) is 36.7 Å². The minimum absolute atomic E-state index is 0. The highest BCUT2D eigenvalue weighted by Crippen LogP contribution is 2.11. The summed E-state index contributed by atoms with van der Waals surface area (Å²) in [5.74, 6) is -1.13. The fraction of sp³-hybridized carbons (Fsp3) is 0.840. The molecule has 8 N–H and O–H groups in total. The maximum Gasteiger partial charge on any atom is 0.328 e. The van der Waals surface area contributed by atoms with Crippen molar-refractivity contribution in [1.29, 1.82) is 0 Å². The molecule has 0 rings (SSSR count). The standard InChI is InChI=1S/C25H50N6O4.2ClH/c1-3-4-5-6-7-8-9-10-11-17-22(32)30-20(16-14-19-29-25(27)28)23(33)31-21(24(34)35-2)15-12-13-18-26;;/h20-21H,3-19,26H2,1-2H3,(H,30,32)(H,31,33)(H4,27,28,29);2*1H/t20-,21-;;/m0../s1. The van der Waals surface area contributed by atoms with E-state index < -0.39 is 24.0 Å². The second-order valence-corrected chi connectivity index (χ2v) is 9.02. The van der Waals surface area contributed by atoms with Gasteiger partial charge in [-0.2, -0.15) is 0 Å². The molecule has 0 aromatic heterocycles. The van der Waals surface area contributed by atoms with Crippen LogP contribution < -0.4 is 27.8 Å². The molecule has 2 amide bonds. The van der Waals surface area contributed by atoms with Gasteiger partial charge < -0.3 is 32.6 Å². The molecule has 0 aliphatic rings. The first-order valence-electron chi connectivity index (χ1n) is 13.3. The van der Waals surface area contributed by atoms with Crippen LogP contribution in [0.15, 0.2) is 4.99 Å². The maximum absolute atomic E-state index is 12.9. The van der Waals surface area contributed by atoms with Gasteiger partial charge in [-0.3, -0.25) is 14.6 Å². The summed E-state index contributed by atoms with van der Waals surface area (Å²) in [5.41, 5.74) is 16.2. The number of methoxy groups -OCH3 is 1. The number of nitrogens with one attached hydrogen (secondary N) is 2. The van der Waals surface area contributed by atoms with Gasteiger partial charge in [0.25, 0.3) is 0 Å². The molecule has 2 atom stereocenters. The predicted molar refractivity (Wildman–Crippen MR) is 155 cm³/mol. The molecule has 0 spiro atoms. The van der Waals surface area contributed by atoms with Crippen LogP contribution in [0.3, 0.4) is 0 Å². The molecule has 37 heavy (non-hydrogen) atoms. The van der Waals surface area contributed by atoms with Crippen LogP contribution in [0.2, 0.25) is 0 Å². The number of amides is 2. The first-order valence-corrected chi connectivity index (χ1v) is 13.3. The Labute approximate surface area is 235 Å². The zero-order chi connectivity index (χ0) is 26.3. The highest BCUT2D eigenvalue weighted by molar-refractivity contribution is 5.90. The van der Waals surface area contributed by atoms with Gasteiger partial charge >= 0.3 is 5.97 Å². The van der Waals surface area contributed by atoms with Crippen LogP contribution in [-0.4, -0.2) is 56.0 Å². The number of guanidine groups is 1. The number of hydrogen-bond acceptors (Lipinski definition) is 6. The van der Waals surface area contributed by atoms with Crippen molar-refractivity contribution < 1.29 is 19.1 Å². The lowest BCUT2D eigenvalue weighted by Gasteiger charge is -2.22. The average molecular weight is 572 g/mol. The van der Waals surface area contributed by atoms with E-state index in [0.717, 1.165) is 25.7 Å². The quantitative estimate of drug-likeness (QED) is 0.0574. The summed E-state index contributed by atoms with van der Waals surface area (Å²) < 4.78 is 4.82. The number of nitrogens with two attached hydrogens (primary N) is 3. The second-order valence-electron chi connectivity index (χ2n) is 9.02. The van der Waals surface area contributed by atoms with Gasteiger partial charge in [0.1, 0.15) is 12.1 Å². The number of esters is 1. The number of aliphatic imine (C=N–C) groups is 1. The Hall–Kier alpha value is -1.78. The fourth-order valence-electron chi connectivity index (χ4n) is 3.79. The largest absolute Gasteiger partial charge is 0.467 e. The number of hydrogen-bond donors (Lipinski definition) is 5. The molecule has 0 aliphatic heterocycles. The summed E-state index contributed by atoms with van der Waals surface area (Å²) in [7, 11) is 1.28. The van der Waals surface area contributed by atoms with Gasteiger partial charge in [0.2, 0.25) is 11.8 Å². The summed E-state index contributed by atoms with van der Waals surface area (Å²) in [5, 5.41) is 5.56. The van der Waals surface area contributed by atoms with Crippen LogP contribution in [0, 0.1) is 0 Å². The van der Waals surface area contributed by atoms with Crippen LogP contribution in [0.4, 0.5) is 0 Å². The number of unbranched alkanes of at least 4 members (excludes halogenated alkanes) is 9. The van der Waals surface area contributed by atoms with Crippen molar-refractivity contribution in [3.8, 4) is 0 Å². The van der Waals surface area contributed by atoms with Gasteiger partial charge in [-0.15, -0.1) is 24.8 Å². The van der Waals surface area contributed by atoms with Gasteiger partial charge in [-0.1, -0.05) is 58.3 Å². The smallest absolute Gasteiger partial charge is 0.328 e. The summed E-state index contributed by atoms with van der Waals surface area (Å²) in [6, 6.07) is -1.56. The van der Waals surface area contributed by atoms with E-state index in [1.807, 2.05) is 0 Å². The predicted octanol–water partition coefficient (Wildman–Crippen LogP) is 3.08. The number of rotatable bonds is 22. The Morgan fingerprint density at radius 1 is 0.784 bits per heavy atom. The molecule has 12 heteroatoms. The van der Waals surface area contributed by atoms with Crippen molar-refractivity contribution in [2.75, 3.05) is 20.2 Å². The van der Waals surface area contributed by atoms with E-state index in [9.17, 15) is 14.4 Å². The van der Waals surface area contributed by atoms with Crippen molar-refractivity contribution in [2.45, 2.75) is 115 Å². The van der Waals surface area contributed by atoms with E-state index in [1.54, 1.807) is 0 Å². The molecule has 0 bridgehead atoms. The van der Waals surface area contributed by atoms with Crippen LogP contribution in [0.5, 0.6) is 0 Å². The lowest BCUT2D eigenvalue weighted by molar-refractivity contribution is -0.145. The van der Waals surface area contributed by atoms with Gasteiger partial charge in [0, 0.05) is 13.0 Å². The Morgan fingerprint density at radius 3 is 1.89 bits per heavy atom. The number of nitrogens with zero attached hydrogens (tertiary/aromatic N) is 1. The lowest BCUT2D eigenvalue weighted by atomic mass is 10.1. The third kappa shape index (κ3) is 23.1. The molecule has 0 heterocycles. The van der Waals surface area contributed by atoms with Gasteiger partial charge in [-0.05, 0) is 45.1 Å². The van der Waals surface area contributed by atoms with Crippen molar-refractivity contribution in [3.05, 3.63) is 0 Å². The molecule has 0 aliphatic carbocycles. The number of carbonyl (C=O) groups is 3. The van der Waals surface area contributed by atoms with Crippen molar-refractivity contribution in [2.24, 2.45) is 22.2 Å². The molecule has 0 saturated heterocycles. The monoisotopic (exact) mass is 570 g/mol. The topological polar surface area (TPSA) is 175 Å². The molecule has 0 aromatic carbocycles. The molecule has 0 aromatic rings. The Morgan fingerprint density at radius 2 is 1.35 bits per heavy atom. The fourth-order valence-corrected chi connectivity index (χ4v) is 3.79. The average Bonchev–Trinajstić information content (AvgIpc) is 2.83. The van der Waals surface area contributed by atoms with E-state index in [4.69, 9.17) is 21.9 Å². The summed E-state index contributed by atoms with van der Waals surface area (Å²) in [6.45, 7) is 3.06. The van der Waals surface area contributed by atoms with Crippen LogP contribution >= 0.6 is 24.8 Å². The first kappa shape index (κ1) is 39.7. The first-order chi connectivity index (χ1) is 16.8. The van der Waals surface area contributed by atoms with E-state index >= 15 is 0 Å². The van der Waals surface area contributed by atoms with Crippen LogP contribution in [0.25, 0.3) is 0 Å². The lowest BCUT2D eigenvalue weighted by Crippen LogP contribution is -2.51. The Kier molecular flexibility index (Phi) is 29.3. The molecule has 0 fully saturated rings. The molecule has 10 nitrogen and oxygen atoms in total. The molecular formula is C25H52Cl2N6O4. The Bertz CT molecular complexity index is 622. The zero-order valence-electron chi connectivity index (χ0n) is 22.8.